The molecule has 1 aliphatic heterocycles. The Morgan fingerprint density at radius 1 is 1.07 bits per heavy atom. The first-order chi connectivity index (χ1) is 20.4. The summed E-state index contributed by atoms with van der Waals surface area (Å²) in [6.45, 7) is 4.36. The fraction of sp³-hybridized carbons (Fsp3) is 0.182. The second-order valence-electron chi connectivity index (χ2n) is 9.92. The van der Waals surface area contributed by atoms with Crippen LogP contribution < -0.4 is 19.6 Å². The third kappa shape index (κ3) is 5.08. The van der Waals surface area contributed by atoms with Gasteiger partial charge in [0.05, 0.1) is 35.6 Å². The van der Waals surface area contributed by atoms with Gasteiger partial charge in [-0.3, -0.25) is 9.36 Å². The van der Waals surface area contributed by atoms with Gasteiger partial charge in [0.1, 0.15) is 5.75 Å². The topological polar surface area (TPSA) is 74.8 Å². The van der Waals surface area contributed by atoms with Crippen molar-refractivity contribution in [3.8, 4) is 5.75 Å². The van der Waals surface area contributed by atoms with Crippen molar-refractivity contribution in [2.24, 2.45) is 4.99 Å². The van der Waals surface area contributed by atoms with Gasteiger partial charge in [0.25, 0.3) is 5.56 Å². The first-order valence-electron chi connectivity index (χ1n) is 13.5. The van der Waals surface area contributed by atoms with Crippen LogP contribution in [0.2, 0.25) is 5.02 Å². The van der Waals surface area contributed by atoms with E-state index in [0.29, 0.717) is 37.9 Å². The first kappa shape index (κ1) is 27.8. The third-order valence-corrected chi connectivity index (χ3v) is 8.56. The van der Waals surface area contributed by atoms with E-state index in [0.717, 1.165) is 27.7 Å². The van der Waals surface area contributed by atoms with Crippen LogP contribution in [0.25, 0.3) is 17.0 Å². The lowest BCUT2D eigenvalue weighted by molar-refractivity contribution is -0.139. The minimum absolute atomic E-state index is 0.216. The highest BCUT2D eigenvalue weighted by Crippen LogP contribution is 2.31. The predicted molar refractivity (Wildman–Crippen MR) is 166 cm³/mol. The maximum absolute atomic E-state index is 14.1. The number of hydrogen-bond donors (Lipinski definition) is 0. The van der Waals surface area contributed by atoms with E-state index in [2.05, 4.69) is 22.8 Å². The Hall–Kier alpha value is -4.40. The molecule has 3 aromatic carbocycles. The average Bonchev–Trinajstić information content (AvgIpc) is 3.49. The van der Waals surface area contributed by atoms with Crippen molar-refractivity contribution in [3.05, 3.63) is 132 Å². The Morgan fingerprint density at radius 3 is 2.52 bits per heavy atom. The number of halogens is 1. The number of fused-ring (bicyclic) bond motifs is 2. The van der Waals surface area contributed by atoms with Gasteiger partial charge in [-0.1, -0.05) is 65.4 Å². The fourth-order valence-corrected chi connectivity index (χ4v) is 6.48. The zero-order valence-corrected chi connectivity index (χ0v) is 24.9. The van der Waals surface area contributed by atoms with Gasteiger partial charge in [-0.2, -0.15) is 0 Å². The van der Waals surface area contributed by atoms with Crippen molar-refractivity contribution >= 4 is 45.9 Å². The summed E-state index contributed by atoms with van der Waals surface area (Å²) >= 11 is 7.43. The summed E-state index contributed by atoms with van der Waals surface area (Å²) in [6.07, 6.45) is 1.91. The molecule has 1 atom stereocenters. The van der Waals surface area contributed by atoms with Gasteiger partial charge in [0.15, 0.2) is 4.80 Å². The fourth-order valence-electron chi connectivity index (χ4n) is 5.33. The quantitative estimate of drug-likeness (QED) is 0.233. The van der Waals surface area contributed by atoms with Crippen molar-refractivity contribution in [2.75, 3.05) is 13.7 Å². The minimum Gasteiger partial charge on any atom is -0.497 e. The Labute approximate surface area is 251 Å². The van der Waals surface area contributed by atoms with Crippen LogP contribution in [0.4, 0.5) is 0 Å². The predicted octanol–water partition coefficient (Wildman–Crippen LogP) is 5.46. The van der Waals surface area contributed by atoms with Crippen molar-refractivity contribution in [3.63, 3.8) is 0 Å². The molecule has 6 rings (SSSR count). The smallest absolute Gasteiger partial charge is 0.338 e. The monoisotopic (exact) mass is 597 g/mol. The van der Waals surface area contributed by atoms with Crippen LogP contribution in [0.15, 0.2) is 99.9 Å². The van der Waals surface area contributed by atoms with Gasteiger partial charge < -0.3 is 14.0 Å². The van der Waals surface area contributed by atoms with E-state index in [9.17, 15) is 9.59 Å². The first-order valence-corrected chi connectivity index (χ1v) is 14.7. The Bertz CT molecular complexity index is 2020. The molecule has 0 fully saturated rings. The summed E-state index contributed by atoms with van der Waals surface area (Å²) < 4.78 is 15.0. The summed E-state index contributed by atoms with van der Waals surface area (Å²) in [4.78, 5) is 32.5. The molecule has 0 aliphatic carbocycles. The second-order valence-corrected chi connectivity index (χ2v) is 11.4. The molecule has 3 heterocycles. The molecule has 0 saturated carbocycles. The number of methoxy groups -OCH3 is 1. The molecule has 5 aromatic rings. The number of hydrogen-bond acceptors (Lipinski definition) is 6. The van der Waals surface area contributed by atoms with E-state index < -0.39 is 12.0 Å². The maximum Gasteiger partial charge on any atom is 0.338 e. The number of rotatable bonds is 7. The highest BCUT2D eigenvalue weighted by atomic mass is 35.5. The highest BCUT2D eigenvalue weighted by molar-refractivity contribution is 7.07. The standard InChI is InChI=1S/C33H28ClN3O4S/c1-4-41-32(39)29-20(2)35-33-37(30(29)22-11-15-26(40-3)16-12-22)31(38)28(42-33)18-25-17-23-7-5-6-8-27(23)36(25)19-21-9-13-24(34)14-10-21/h5-18,30H,4,19H2,1-3H3/b28-18+. The second kappa shape index (κ2) is 11.5. The van der Waals surface area contributed by atoms with Crippen molar-refractivity contribution in [2.45, 2.75) is 26.4 Å². The van der Waals surface area contributed by atoms with Gasteiger partial charge in [0.2, 0.25) is 0 Å². The summed E-state index contributed by atoms with van der Waals surface area (Å²) in [7, 11) is 1.60. The van der Waals surface area contributed by atoms with Crippen LogP contribution in [0.5, 0.6) is 5.75 Å². The van der Waals surface area contributed by atoms with E-state index in [1.54, 1.807) is 25.5 Å². The minimum atomic E-state index is -0.687. The third-order valence-electron chi connectivity index (χ3n) is 7.32. The molecule has 1 aliphatic rings. The molecule has 0 spiro atoms. The zero-order valence-electron chi connectivity index (χ0n) is 23.3. The van der Waals surface area contributed by atoms with Crippen LogP contribution >= 0.6 is 22.9 Å². The molecule has 212 valence electrons. The Balaban J connectivity index is 1.53. The van der Waals surface area contributed by atoms with Gasteiger partial charge >= 0.3 is 5.97 Å². The zero-order chi connectivity index (χ0) is 29.4. The van der Waals surface area contributed by atoms with Crippen LogP contribution in [0.3, 0.4) is 0 Å². The van der Waals surface area contributed by atoms with Gasteiger partial charge in [0, 0.05) is 28.2 Å². The SMILES string of the molecule is CCOC(=O)C1=C(C)N=c2s/c(=C/c3cc4ccccc4n3Cc3ccc(Cl)cc3)c(=O)n2C1c1ccc(OC)cc1. The van der Waals surface area contributed by atoms with Crippen LogP contribution in [-0.4, -0.2) is 28.8 Å². The van der Waals surface area contributed by atoms with Crippen LogP contribution in [0.1, 0.15) is 36.7 Å². The average molecular weight is 598 g/mol. The molecular formula is C33H28ClN3O4S. The molecule has 9 heteroatoms. The molecule has 0 saturated heterocycles. The van der Waals surface area contributed by atoms with Gasteiger partial charge in [-0.15, -0.1) is 0 Å². The maximum atomic E-state index is 14.1. The number of esters is 1. The highest BCUT2D eigenvalue weighted by Gasteiger charge is 2.33. The summed E-state index contributed by atoms with van der Waals surface area (Å²) in [5, 5.41) is 1.75. The lowest BCUT2D eigenvalue weighted by Crippen LogP contribution is -2.40. The van der Waals surface area contributed by atoms with E-state index >= 15 is 0 Å². The molecule has 0 amide bonds. The van der Waals surface area contributed by atoms with Gasteiger partial charge in [-0.05, 0) is 67.4 Å². The summed E-state index contributed by atoms with van der Waals surface area (Å²) in [6, 6.07) is 24.7. The molecule has 2 aromatic heterocycles. The number of nitrogens with zero attached hydrogens (tertiary/aromatic N) is 3. The number of para-hydroxylation sites is 1. The Morgan fingerprint density at radius 2 is 1.81 bits per heavy atom. The number of ether oxygens (including phenoxy) is 2. The largest absolute Gasteiger partial charge is 0.497 e. The number of allylic oxidation sites excluding steroid dienone is 1. The molecule has 0 bridgehead atoms. The van der Waals surface area contributed by atoms with Gasteiger partial charge in [-0.25, -0.2) is 9.79 Å². The molecule has 0 N–H and O–H groups in total. The molecular weight excluding hydrogens is 570 g/mol. The number of carbonyl (C=O) groups excluding carboxylic acids is 1. The Kier molecular flexibility index (Phi) is 7.58. The summed E-state index contributed by atoms with van der Waals surface area (Å²) in [5.74, 6) is 0.190. The molecule has 0 radical (unpaired) electrons. The van der Waals surface area contributed by atoms with Crippen molar-refractivity contribution in [1.82, 2.24) is 9.13 Å². The lowest BCUT2D eigenvalue weighted by Gasteiger charge is -2.24. The van der Waals surface area contributed by atoms with E-state index in [4.69, 9.17) is 26.1 Å². The van der Waals surface area contributed by atoms with E-state index in [1.807, 2.05) is 66.7 Å². The summed E-state index contributed by atoms with van der Waals surface area (Å²) in [5.41, 5.74) is 4.44. The van der Waals surface area contributed by atoms with Crippen LogP contribution in [-0.2, 0) is 16.1 Å². The molecule has 1 unspecified atom stereocenters. The normalized spacial score (nSPS) is 15.0. The number of aromatic nitrogens is 2. The lowest BCUT2D eigenvalue weighted by atomic mass is 9.96. The van der Waals surface area contributed by atoms with E-state index in [-0.39, 0.29) is 12.2 Å². The number of benzene rings is 3. The molecule has 42 heavy (non-hydrogen) atoms. The number of thiazole rings is 1. The van der Waals surface area contributed by atoms with Crippen molar-refractivity contribution < 1.29 is 14.3 Å². The molecule has 7 nitrogen and oxygen atoms in total. The van der Waals surface area contributed by atoms with E-state index in [1.165, 1.54) is 11.3 Å². The van der Waals surface area contributed by atoms with Crippen molar-refractivity contribution in [1.29, 1.82) is 0 Å². The van der Waals surface area contributed by atoms with Crippen LogP contribution in [0, 0.1) is 0 Å². The number of carbonyl (C=O) groups is 1.